The summed E-state index contributed by atoms with van der Waals surface area (Å²) in [5.74, 6) is -0.616. The van der Waals surface area contributed by atoms with Crippen LogP contribution in [0.4, 0.5) is 0 Å². The Morgan fingerprint density at radius 1 is 0.958 bits per heavy atom. The lowest BCUT2D eigenvalue weighted by molar-refractivity contribution is -0.153. The van der Waals surface area contributed by atoms with Gasteiger partial charge in [0.25, 0.3) is 5.91 Å². The second-order valence-electron chi connectivity index (χ2n) is 12.3. The monoisotopic (exact) mass is 690 g/mol. The van der Waals surface area contributed by atoms with Crippen molar-refractivity contribution in [1.29, 1.82) is 0 Å². The predicted molar refractivity (Wildman–Crippen MR) is 183 cm³/mol. The highest BCUT2D eigenvalue weighted by Crippen LogP contribution is 2.25. The first-order valence-corrected chi connectivity index (χ1v) is 18.3. The van der Waals surface area contributed by atoms with Gasteiger partial charge in [-0.1, -0.05) is 50.2 Å². The summed E-state index contributed by atoms with van der Waals surface area (Å²) in [4.78, 5) is 48.4. The number of amides is 2. The van der Waals surface area contributed by atoms with Gasteiger partial charge in [0.05, 0.1) is 17.4 Å². The van der Waals surface area contributed by atoms with Gasteiger partial charge in [0, 0.05) is 49.3 Å². The van der Waals surface area contributed by atoms with Gasteiger partial charge in [-0.05, 0) is 54.2 Å². The van der Waals surface area contributed by atoms with Gasteiger partial charge in [-0.2, -0.15) is 0 Å². The van der Waals surface area contributed by atoms with Gasteiger partial charge in [0.1, 0.15) is 16.0 Å². The maximum atomic E-state index is 13.4. The van der Waals surface area contributed by atoms with Gasteiger partial charge >= 0.3 is 5.97 Å². The SMILES string of the molecule is CC(C)CCCOc1ccc(-c2cnc(-c3ccc(C[C@H](NC(=O)c4ccc(S(C)(=O)=O)s4)C(=O)N4CC(C(=O)O)C4)cc3)nc2)cc1. The molecule has 2 amide bonds. The number of nitrogens with zero attached hydrogens (tertiary/aromatic N) is 3. The fourth-order valence-corrected chi connectivity index (χ4v) is 7.01. The number of carbonyl (C=O) groups is 3. The Labute approximate surface area is 283 Å². The highest BCUT2D eigenvalue weighted by Gasteiger charge is 2.39. The standard InChI is InChI=1S/C35H38N4O7S2/c1-22(2)5-4-16-46-28-12-10-24(11-13-28)26-18-36-32(37-19-26)25-8-6-23(7-9-25)17-29(34(41)39-20-27(21-39)35(42)43)38-33(40)30-14-15-31(47-30)48(3,44)45/h6-15,18-19,22,27,29H,4-5,16-17,20-21H2,1-3H3,(H,38,40)(H,42,43)/t29-/m0/s1. The first-order chi connectivity index (χ1) is 22.9. The van der Waals surface area contributed by atoms with E-state index in [0.29, 0.717) is 18.3 Å². The molecule has 1 aliphatic rings. The van der Waals surface area contributed by atoms with Crippen molar-refractivity contribution in [2.45, 2.75) is 43.4 Å². The normalized spacial score (nSPS) is 14.0. The zero-order valence-corrected chi connectivity index (χ0v) is 28.6. The zero-order valence-electron chi connectivity index (χ0n) is 27.0. The smallest absolute Gasteiger partial charge is 0.310 e. The minimum Gasteiger partial charge on any atom is -0.494 e. The number of ether oxygens (including phenoxy) is 1. The minimum atomic E-state index is -3.49. The Morgan fingerprint density at radius 3 is 2.19 bits per heavy atom. The summed E-state index contributed by atoms with van der Waals surface area (Å²) in [6, 6.07) is 16.9. The molecule has 48 heavy (non-hydrogen) atoms. The van der Waals surface area contributed by atoms with E-state index >= 15 is 0 Å². The van der Waals surface area contributed by atoms with Gasteiger partial charge in [-0.3, -0.25) is 14.4 Å². The highest BCUT2D eigenvalue weighted by molar-refractivity contribution is 7.92. The van der Waals surface area contributed by atoms with E-state index in [1.807, 2.05) is 48.5 Å². The minimum absolute atomic E-state index is 0.0452. The lowest BCUT2D eigenvalue weighted by Gasteiger charge is -2.38. The second-order valence-corrected chi connectivity index (χ2v) is 15.6. The van der Waals surface area contributed by atoms with E-state index in [0.717, 1.165) is 58.4 Å². The van der Waals surface area contributed by atoms with Crippen molar-refractivity contribution >= 4 is 39.0 Å². The second kappa shape index (κ2) is 15.1. The van der Waals surface area contributed by atoms with E-state index in [4.69, 9.17) is 4.74 Å². The first kappa shape index (κ1) is 34.7. The molecule has 0 bridgehead atoms. The van der Waals surface area contributed by atoms with Crippen molar-refractivity contribution in [2.75, 3.05) is 26.0 Å². The maximum Gasteiger partial charge on any atom is 0.310 e. The fourth-order valence-electron chi connectivity index (χ4n) is 5.18. The molecule has 2 aromatic heterocycles. The molecule has 0 spiro atoms. The van der Waals surface area contributed by atoms with Crippen LogP contribution in [0.5, 0.6) is 5.75 Å². The molecule has 0 aliphatic carbocycles. The zero-order chi connectivity index (χ0) is 34.4. The summed E-state index contributed by atoms with van der Waals surface area (Å²) in [5.41, 5.74) is 3.35. The Kier molecular flexibility index (Phi) is 10.9. The molecule has 0 saturated carbocycles. The summed E-state index contributed by atoms with van der Waals surface area (Å²) in [6.07, 6.45) is 6.87. The molecule has 2 N–H and O–H groups in total. The predicted octanol–water partition coefficient (Wildman–Crippen LogP) is 4.97. The quantitative estimate of drug-likeness (QED) is 0.174. The molecule has 4 aromatic rings. The number of thiophene rings is 1. The Hall–Kier alpha value is -4.62. The van der Waals surface area contributed by atoms with E-state index in [2.05, 4.69) is 29.1 Å². The van der Waals surface area contributed by atoms with E-state index in [1.165, 1.54) is 17.0 Å². The molecular weight excluding hydrogens is 653 g/mol. The number of benzene rings is 2. The van der Waals surface area contributed by atoms with Crippen molar-refractivity contribution in [2.24, 2.45) is 11.8 Å². The average molecular weight is 691 g/mol. The number of likely N-dealkylation sites (tertiary alicyclic amines) is 1. The number of rotatable bonds is 14. The number of carboxylic acid groups (broad SMARTS) is 1. The summed E-state index contributed by atoms with van der Waals surface area (Å²) < 4.78 is 29.7. The van der Waals surface area contributed by atoms with Crippen LogP contribution in [0, 0.1) is 11.8 Å². The topological polar surface area (TPSA) is 156 Å². The molecule has 1 atom stereocenters. The van der Waals surface area contributed by atoms with Crippen LogP contribution >= 0.6 is 11.3 Å². The van der Waals surface area contributed by atoms with Crippen LogP contribution in [0.2, 0.25) is 0 Å². The third-order valence-corrected chi connectivity index (χ3v) is 10.9. The Balaban J connectivity index is 1.24. The molecule has 3 heterocycles. The number of carboxylic acids is 1. The van der Waals surface area contributed by atoms with Crippen LogP contribution in [0.3, 0.4) is 0 Å². The molecule has 1 fully saturated rings. The molecule has 252 valence electrons. The molecule has 2 aromatic carbocycles. The van der Waals surface area contributed by atoms with Crippen molar-refractivity contribution in [1.82, 2.24) is 20.2 Å². The van der Waals surface area contributed by atoms with Crippen LogP contribution in [0.25, 0.3) is 22.5 Å². The van der Waals surface area contributed by atoms with E-state index in [-0.39, 0.29) is 28.6 Å². The molecule has 11 nitrogen and oxygen atoms in total. The summed E-state index contributed by atoms with van der Waals surface area (Å²) >= 11 is 0.822. The third kappa shape index (κ3) is 8.84. The van der Waals surface area contributed by atoms with Crippen molar-refractivity contribution in [3.05, 3.63) is 83.5 Å². The summed E-state index contributed by atoms with van der Waals surface area (Å²) in [5, 5.41) is 12.0. The number of carbonyl (C=O) groups excluding carboxylic acids is 2. The summed E-state index contributed by atoms with van der Waals surface area (Å²) in [7, 11) is -3.49. The Bertz CT molecular complexity index is 1850. The van der Waals surface area contributed by atoms with Crippen LogP contribution in [-0.2, 0) is 25.8 Å². The Morgan fingerprint density at radius 2 is 1.60 bits per heavy atom. The van der Waals surface area contributed by atoms with E-state index < -0.39 is 39.6 Å². The lowest BCUT2D eigenvalue weighted by Crippen LogP contribution is -2.59. The van der Waals surface area contributed by atoms with Crippen LogP contribution < -0.4 is 10.1 Å². The maximum absolute atomic E-state index is 13.4. The van der Waals surface area contributed by atoms with Crippen LogP contribution in [0.1, 0.15) is 41.9 Å². The van der Waals surface area contributed by atoms with Crippen LogP contribution in [0.15, 0.2) is 77.3 Å². The molecule has 0 radical (unpaired) electrons. The van der Waals surface area contributed by atoms with Gasteiger partial charge in [0.2, 0.25) is 5.91 Å². The number of aromatic nitrogens is 2. The number of nitrogens with one attached hydrogen (secondary N) is 1. The number of hydrogen-bond donors (Lipinski definition) is 2. The highest BCUT2D eigenvalue weighted by atomic mass is 32.2. The molecule has 1 saturated heterocycles. The van der Waals surface area contributed by atoms with Crippen molar-refractivity contribution in [3.8, 4) is 28.3 Å². The number of aliphatic carboxylic acids is 1. The van der Waals surface area contributed by atoms with Crippen LogP contribution in [-0.4, -0.2) is 78.2 Å². The molecule has 13 heteroatoms. The largest absolute Gasteiger partial charge is 0.494 e. The van der Waals surface area contributed by atoms with Crippen molar-refractivity contribution in [3.63, 3.8) is 0 Å². The van der Waals surface area contributed by atoms with E-state index in [9.17, 15) is 27.9 Å². The van der Waals surface area contributed by atoms with Gasteiger partial charge in [-0.15, -0.1) is 11.3 Å². The first-order valence-electron chi connectivity index (χ1n) is 15.6. The molecule has 5 rings (SSSR count). The molecular formula is C35H38N4O7S2. The molecule has 1 aliphatic heterocycles. The fraction of sp³-hybridized carbons (Fsp3) is 0.343. The lowest BCUT2D eigenvalue weighted by atomic mass is 9.97. The van der Waals surface area contributed by atoms with Gasteiger partial charge in [-0.25, -0.2) is 18.4 Å². The number of hydrogen-bond acceptors (Lipinski definition) is 9. The number of sulfone groups is 1. The van der Waals surface area contributed by atoms with Gasteiger partial charge in [0.15, 0.2) is 15.7 Å². The average Bonchev–Trinajstić information content (AvgIpc) is 3.54. The summed E-state index contributed by atoms with van der Waals surface area (Å²) in [6.45, 7) is 5.20. The van der Waals surface area contributed by atoms with E-state index in [1.54, 1.807) is 12.4 Å². The molecule has 0 unspecified atom stereocenters. The van der Waals surface area contributed by atoms with Gasteiger partial charge < -0.3 is 20.1 Å². The third-order valence-electron chi connectivity index (χ3n) is 8.00. The van der Waals surface area contributed by atoms with Crippen molar-refractivity contribution < 1.29 is 32.6 Å².